The summed E-state index contributed by atoms with van der Waals surface area (Å²) in [5.41, 5.74) is 0.609. The predicted molar refractivity (Wildman–Crippen MR) is 55.1 cm³/mol. The standard InChI is InChI=1S/C9H9IO2.Zn/c1-2-12-9(11)7-3-5-8(10)6-4-7;/h3-6H,2H2,1H3;. The maximum atomic E-state index is 11.1. The first-order valence-corrected chi connectivity index (χ1v) is 4.74. The van der Waals surface area contributed by atoms with E-state index in [1.807, 2.05) is 12.1 Å². The predicted octanol–water partition coefficient (Wildman–Crippen LogP) is 2.47. The Morgan fingerprint density at radius 2 is 1.92 bits per heavy atom. The molecule has 1 aromatic rings. The summed E-state index contributed by atoms with van der Waals surface area (Å²) < 4.78 is 5.94. The van der Waals surface area contributed by atoms with Crippen LogP contribution in [0, 0.1) is 3.57 Å². The van der Waals surface area contributed by atoms with Crippen LogP contribution in [-0.2, 0) is 24.2 Å². The van der Waals surface area contributed by atoms with Crippen molar-refractivity contribution in [3.8, 4) is 0 Å². The summed E-state index contributed by atoms with van der Waals surface area (Å²) in [5, 5.41) is 0. The zero-order valence-corrected chi connectivity index (χ0v) is 12.5. The molecule has 0 heterocycles. The number of benzene rings is 1. The summed E-state index contributed by atoms with van der Waals surface area (Å²) >= 11 is 2.19. The molecule has 0 aromatic heterocycles. The van der Waals surface area contributed by atoms with E-state index in [-0.39, 0.29) is 25.4 Å². The van der Waals surface area contributed by atoms with Gasteiger partial charge in [-0.15, -0.1) is 0 Å². The normalized spacial score (nSPS) is 8.77. The van der Waals surface area contributed by atoms with E-state index in [1.165, 1.54) is 0 Å². The fourth-order valence-corrected chi connectivity index (χ4v) is 1.16. The van der Waals surface area contributed by atoms with Gasteiger partial charge in [-0.3, -0.25) is 0 Å². The van der Waals surface area contributed by atoms with E-state index in [2.05, 4.69) is 22.6 Å². The molecule has 0 spiro atoms. The van der Waals surface area contributed by atoms with E-state index < -0.39 is 0 Å². The minimum Gasteiger partial charge on any atom is -0.462 e. The van der Waals surface area contributed by atoms with Crippen molar-refractivity contribution >= 4 is 28.6 Å². The van der Waals surface area contributed by atoms with E-state index in [9.17, 15) is 4.79 Å². The average molecular weight is 341 g/mol. The van der Waals surface area contributed by atoms with Crippen LogP contribution in [0.25, 0.3) is 0 Å². The number of rotatable bonds is 2. The van der Waals surface area contributed by atoms with E-state index >= 15 is 0 Å². The number of ether oxygens (including phenoxy) is 1. The van der Waals surface area contributed by atoms with Gasteiger partial charge >= 0.3 is 5.97 Å². The molecule has 0 aliphatic rings. The summed E-state index contributed by atoms with van der Waals surface area (Å²) in [4.78, 5) is 11.1. The van der Waals surface area contributed by atoms with Gasteiger partial charge in [-0.1, -0.05) is 0 Å². The fourth-order valence-electron chi connectivity index (χ4n) is 0.800. The van der Waals surface area contributed by atoms with Crippen molar-refractivity contribution in [1.29, 1.82) is 0 Å². The fraction of sp³-hybridized carbons (Fsp3) is 0.222. The van der Waals surface area contributed by atoms with Gasteiger partial charge in [0.1, 0.15) is 0 Å². The molecule has 1 aromatic carbocycles. The van der Waals surface area contributed by atoms with Gasteiger partial charge in [-0.25, -0.2) is 4.79 Å². The maximum Gasteiger partial charge on any atom is 0.338 e. The summed E-state index contributed by atoms with van der Waals surface area (Å²) in [6.07, 6.45) is 0. The molecule has 13 heavy (non-hydrogen) atoms. The third-order valence-electron chi connectivity index (χ3n) is 1.36. The van der Waals surface area contributed by atoms with E-state index in [0.717, 1.165) is 3.57 Å². The molecule has 4 heteroatoms. The molecule has 0 atom stereocenters. The van der Waals surface area contributed by atoms with Gasteiger partial charge in [0.2, 0.25) is 0 Å². The third kappa shape index (κ3) is 4.18. The number of carbonyl (C=O) groups is 1. The minimum atomic E-state index is -0.256. The Labute approximate surface area is 104 Å². The van der Waals surface area contributed by atoms with Crippen molar-refractivity contribution in [2.45, 2.75) is 6.92 Å². The Balaban J connectivity index is 0.00000144. The van der Waals surface area contributed by atoms with Crippen LogP contribution in [0.1, 0.15) is 17.3 Å². The molecule has 66 valence electrons. The first-order chi connectivity index (χ1) is 5.74. The van der Waals surface area contributed by atoms with Gasteiger partial charge in [-0.05, 0) is 53.8 Å². The molecule has 1 rings (SSSR count). The zero-order valence-electron chi connectivity index (χ0n) is 7.42. The summed E-state index contributed by atoms with van der Waals surface area (Å²) in [6.45, 7) is 2.22. The Morgan fingerprint density at radius 1 is 1.38 bits per heavy atom. The molecule has 0 bridgehead atoms. The molecule has 2 nitrogen and oxygen atoms in total. The second-order valence-corrected chi connectivity index (χ2v) is 3.47. The van der Waals surface area contributed by atoms with E-state index in [1.54, 1.807) is 19.1 Å². The molecule has 0 amide bonds. The molecular weight excluding hydrogens is 332 g/mol. The topological polar surface area (TPSA) is 26.3 Å². The van der Waals surface area contributed by atoms with Crippen LogP contribution >= 0.6 is 22.6 Å². The number of carbonyl (C=O) groups excluding carboxylic acids is 1. The van der Waals surface area contributed by atoms with Gasteiger partial charge < -0.3 is 4.74 Å². The van der Waals surface area contributed by atoms with Gasteiger partial charge in [0.15, 0.2) is 0 Å². The smallest absolute Gasteiger partial charge is 0.338 e. The summed E-state index contributed by atoms with van der Waals surface area (Å²) in [5.74, 6) is -0.256. The molecular formula is C9H9IO2Zn. The molecule has 0 N–H and O–H groups in total. The SMILES string of the molecule is CCOC(=O)c1ccc(I)cc1.[Zn]. The number of hydrogen-bond acceptors (Lipinski definition) is 2. The van der Waals surface area contributed by atoms with Crippen molar-refractivity contribution in [2.24, 2.45) is 0 Å². The molecule has 0 saturated heterocycles. The monoisotopic (exact) mass is 340 g/mol. The largest absolute Gasteiger partial charge is 0.462 e. The Morgan fingerprint density at radius 3 is 2.38 bits per heavy atom. The Hall–Kier alpha value is 0.0434. The van der Waals surface area contributed by atoms with E-state index in [0.29, 0.717) is 12.2 Å². The van der Waals surface area contributed by atoms with Gasteiger partial charge in [0.05, 0.1) is 12.2 Å². The Kier molecular flexibility index (Phi) is 6.51. The van der Waals surface area contributed by atoms with Gasteiger partial charge in [0, 0.05) is 23.0 Å². The van der Waals surface area contributed by atoms with Crippen molar-refractivity contribution in [1.82, 2.24) is 0 Å². The molecule has 0 unspecified atom stereocenters. The molecule has 0 fully saturated rings. The maximum absolute atomic E-state index is 11.1. The van der Waals surface area contributed by atoms with Crippen molar-refractivity contribution in [2.75, 3.05) is 6.61 Å². The minimum absolute atomic E-state index is 0. The van der Waals surface area contributed by atoms with Gasteiger partial charge in [-0.2, -0.15) is 0 Å². The molecule has 0 aliphatic heterocycles. The first-order valence-electron chi connectivity index (χ1n) is 3.66. The van der Waals surface area contributed by atoms with Crippen LogP contribution in [0.3, 0.4) is 0 Å². The second-order valence-electron chi connectivity index (χ2n) is 2.23. The van der Waals surface area contributed by atoms with Crippen LogP contribution in [0.5, 0.6) is 0 Å². The second kappa shape index (κ2) is 6.49. The van der Waals surface area contributed by atoms with Crippen LogP contribution in [0.2, 0.25) is 0 Å². The number of hydrogen-bond donors (Lipinski definition) is 0. The van der Waals surface area contributed by atoms with Crippen LogP contribution in [-0.4, -0.2) is 12.6 Å². The Bertz CT molecular complexity index is 271. The average Bonchev–Trinajstić information content (AvgIpc) is 2.06. The van der Waals surface area contributed by atoms with E-state index in [4.69, 9.17) is 4.74 Å². The zero-order chi connectivity index (χ0) is 8.97. The first kappa shape index (κ1) is 13.0. The molecule has 0 aliphatic carbocycles. The van der Waals surface area contributed by atoms with Crippen LogP contribution < -0.4 is 0 Å². The summed E-state index contributed by atoms with van der Waals surface area (Å²) in [6, 6.07) is 7.29. The van der Waals surface area contributed by atoms with Crippen LogP contribution in [0.4, 0.5) is 0 Å². The molecule has 0 radical (unpaired) electrons. The summed E-state index contributed by atoms with van der Waals surface area (Å²) in [7, 11) is 0. The molecule has 0 saturated carbocycles. The quantitative estimate of drug-likeness (QED) is 0.469. The number of esters is 1. The van der Waals surface area contributed by atoms with Crippen LogP contribution in [0.15, 0.2) is 24.3 Å². The third-order valence-corrected chi connectivity index (χ3v) is 2.07. The van der Waals surface area contributed by atoms with Crippen molar-refractivity contribution < 1.29 is 29.0 Å². The van der Waals surface area contributed by atoms with Gasteiger partial charge in [0.25, 0.3) is 0 Å². The van der Waals surface area contributed by atoms with Crippen molar-refractivity contribution in [3.63, 3.8) is 0 Å². The number of halogens is 1. The van der Waals surface area contributed by atoms with Crippen molar-refractivity contribution in [3.05, 3.63) is 33.4 Å².